The number of carbonyl (C=O) groups excluding carboxylic acids is 1. The molecular weight excluding hydrogens is 224 g/mol. The number of esters is 1. The van der Waals surface area contributed by atoms with Crippen molar-refractivity contribution >= 4 is 5.97 Å². The Balaban J connectivity index is 3.04. The van der Waals surface area contributed by atoms with Gasteiger partial charge in [-0.15, -0.1) is 0 Å². The molecule has 17 heavy (non-hydrogen) atoms. The highest BCUT2D eigenvalue weighted by atomic mass is 16.5. The second-order valence-corrected chi connectivity index (χ2v) is 3.42. The van der Waals surface area contributed by atoms with Crippen molar-refractivity contribution in [2.75, 3.05) is 27.9 Å². The van der Waals surface area contributed by atoms with E-state index in [2.05, 4.69) is 4.74 Å². The van der Waals surface area contributed by atoms with Gasteiger partial charge in [0.15, 0.2) is 0 Å². The van der Waals surface area contributed by atoms with Crippen molar-refractivity contribution in [1.29, 1.82) is 0 Å². The summed E-state index contributed by atoms with van der Waals surface area (Å²) < 4.78 is 14.6. The minimum Gasteiger partial charge on any atom is -0.496 e. The van der Waals surface area contributed by atoms with Gasteiger partial charge in [-0.3, -0.25) is 0 Å². The van der Waals surface area contributed by atoms with Crippen molar-refractivity contribution in [3.8, 4) is 5.75 Å². The van der Waals surface area contributed by atoms with E-state index in [9.17, 15) is 9.90 Å². The molecule has 0 bridgehead atoms. The fourth-order valence-electron chi connectivity index (χ4n) is 1.45. The summed E-state index contributed by atoms with van der Waals surface area (Å²) in [6.07, 6.45) is -0.749. The largest absolute Gasteiger partial charge is 0.496 e. The standard InChI is InChI=1S/C12H16O5/c1-15-7-10(13)8-4-5-9(12(14)17-3)11(6-8)16-2/h4-6,10,13H,7H2,1-3H3/t10-/m0/s1. The molecular formula is C12H16O5. The van der Waals surface area contributed by atoms with Gasteiger partial charge < -0.3 is 19.3 Å². The lowest BCUT2D eigenvalue weighted by Gasteiger charge is -2.13. The molecule has 1 atom stereocenters. The van der Waals surface area contributed by atoms with Gasteiger partial charge in [0.25, 0.3) is 0 Å². The lowest BCUT2D eigenvalue weighted by atomic mass is 10.1. The van der Waals surface area contributed by atoms with E-state index in [0.29, 0.717) is 16.9 Å². The van der Waals surface area contributed by atoms with Crippen LogP contribution in [-0.2, 0) is 9.47 Å². The molecule has 0 spiro atoms. The van der Waals surface area contributed by atoms with Crippen LogP contribution < -0.4 is 4.74 Å². The Morgan fingerprint density at radius 3 is 2.59 bits per heavy atom. The van der Waals surface area contributed by atoms with Crippen LogP contribution in [0.4, 0.5) is 0 Å². The third kappa shape index (κ3) is 3.18. The number of hydrogen-bond donors (Lipinski definition) is 1. The highest BCUT2D eigenvalue weighted by molar-refractivity contribution is 5.92. The SMILES string of the molecule is COC[C@H](O)c1ccc(C(=O)OC)c(OC)c1. The van der Waals surface area contributed by atoms with Crippen LogP contribution in [-0.4, -0.2) is 39.0 Å². The normalized spacial score (nSPS) is 12.0. The summed E-state index contributed by atoms with van der Waals surface area (Å²) >= 11 is 0. The molecule has 0 aliphatic carbocycles. The zero-order valence-corrected chi connectivity index (χ0v) is 10.1. The summed E-state index contributed by atoms with van der Waals surface area (Å²) in [5.41, 5.74) is 0.944. The van der Waals surface area contributed by atoms with Gasteiger partial charge in [0.05, 0.1) is 20.8 Å². The van der Waals surface area contributed by atoms with E-state index in [4.69, 9.17) is 9.47 Å². The molecule has 1 aromatic rings. The lowest BCUT2D eigenvalue weighted by molar-refractivity contribution is 0.0593. The third-order valence-corrected chi connectivity index (χ3v) is 2.34. The topological polar surface area (TPSA) is 65.0 Å². The predicted octanol–water partition coefficient (Wildman–Crippen LogP) is 1.16. The predicted molar refractivity (Wildman–Crippen MR) is 61.2 cm³/mol. The Kier molecular flexibility index (Phi) is 4.93. The molecule has 1 N–H and O–H groups in total. The fraction of sp³-hybridized carbons (Fsp3) is 0.417. The second kappa shape index (κ2) is 6.22. The van der Waals surface area contributed by atoms with Gasteiger partial charge in [-0.1, -0.05) is 6.07 Å². The quantitative estimate of drug-likeness (QED) is 0.782. The molecule has 1 aromatic carbocycles. The Hall–Kier alpha value is -1.59. The summed E-state index contributed by atoms with van der Waals surface area (Å²) in [5, 5.41) is 9.73. The average molecular weight is 240 g/mol. The van der Waals surface area contributed by atoms with E-state index in [1.54, 1.807) is 18.2 Å². The summed E-state index contributed by atoms with van der Waals surface area (Å²) in [5.74, 6) is -0.112. The Morgan fingerprint density at radius 2 is 2.06 bits per heavy atom. The molecule has 0 saturated carbocycles. The van der Waals surface area contributed by atoms with Crippen molar-refractivity contribution < 1.29 is 24.1 Å². The molecule has 94 valence electrons. The van der Waals surface area contributed by atoms with Crippen LogP contribution in [0.25, 0.3) is 0 Å². The molecule has 5 nitrogen and oxygen atoms in total. The molecule has 0 amide bonds. The van der Waals surface area contributed by atoms with Gasteiger partial charge in [0.1, 0.15) is 17.4 Å². The molecule has 1 rings (SSSR count). The number of carbonyl (C=O) groups is 1. The maximum atomic E-state index is 11.4. The molecule has 0 heterocycles. The second-order valence-electron chi connectivity index (χ2n) is 3.42. The molecule has 0 unspecified atom stereocenters. The fourth-order valence-corrected chi connectivity index (χ4v) is 1.45. The van der Waals surface area contributed by atoms with Crippen LogP contribution in [0.3, 0.4) is 0 Å². The van der Waals surface area contributed by atoms with Gasteiger partial charge in [0.2, 0.25) is 0 Å². The summed E-state index contributed by atoms with van der Waals surface area (Å²) in [6, 6.07) is 4.78. The van der Waals surface area contributed by atoms with Gasteiger partial charge >= 0.3 is 5.97 Å². The number of ether oxygens (including phenoxy) is 3. The first kappa shape index (κ1) is 13.5. The van der Waals surface area contributed by atoms with Gasteiger partial charge in [-0.05, 0) is 17.7 Å². The summed E-state index contributed by atoms with van der Waals surface area (Å²) in [4.78, 5) is 11.4. The Bertz CT molecular complexity index is 388. The first-order valence-electron chi connectivity index (χ1n) is 5.07. The smallest absolute Gasteiger partial charge is 0.341 e. The van der Waals surface area contributed by atoms with Crippen LogP contribution in [0, 0.1) is 0 Å². The first-order chi connectivity index (χ1) is 8.13. The Labute approximate surface area is 99.9 Å². The molecule has 5 heteroatoms. The number of aliphatic hydroxyl groups is 1. The zero-order valence-electron chi connectivity index (χ0n) is 10.1. The van der Waals surface area contributed by atoms with Crippen molar-refractivity contribution in [3.05, 3.63) is 29.3 Å². The van der Waals surface area contributed by atoms with Gasteiger partial charge in [-0.2, -0.15) is 0 Å². The van der Waals surface area contributed by atoms with E-state index in [1.807, 2.05) is 0 Å². The molecule has 0 radical (unpaired) electrons. The van der Waals surface area contributed by atoms with Crippen molar-refractivity contribution in [2.45, 2.75) is 6.10 Å². The number of hydrogen-bond acceptors (Lipinski definition) is 5. The maximum Gasteiger partial charge on any atom is 0.341 e. The highest BCUT2D eigenvalue weighted by Crippen LogP contribution is 2.24. The van der Waals surface area contributed by atoms with Crippen LogP contribution in [0.5, 0.6) is 5.75 Å². The third-order valence-electron chi connectivity index (χ3n) is 2.34. The van der Waals surface area contributed by atoms with E-state index in [1.165, 1.54) is 21.3 Å². The maximum absolute atomic E-state index is 11.4. The van der Waals surface area contributed by atoms with Crippen LogP contribution in [0.15, 0.2) is 18.2 Å². The van der Waals surface area contributed by atoms with E-state index in [0.717, 1.165) is 0 Å². The molecule has 0 fully saturated rings. The zero-order chi connectivity index (χ0) is 12.8. The molecule has 0 aromatic heterocycles. The number of aliphatic hydroxyl groups excluding tert-OH is 1. The molecule has 0 aliphatic rings. The van der Waals surface area contributed by atoms with Gasteiger partial charge in [-0.25, -0.2) is 4.79 Å². The Morgan fingerprint density at radius 1 is 1.35 bits per heavy atom. The average Bonchev–Trinajstić information content (AvgIpc) is 2.37. The summed E-state index contributed by atoms with van der Waals surface area (Å²) in [6.45, 7) is 0.181. The van der Waals surface area contributed by atoms with Crippen LogP contribution in [0.2, 0.25) is 0 Å². The number of methoxy groups -OCH3 is 3. The van der Waals surface area contributed by atoms with Crippen LogP contribution in [0.1, 0.15) is 22.0 Å². The number of benzene rings is 1. The van der Waals surface area contributed by atoms with E-state index in [-0.39, 0.29) is 6.61 Å². The molecule has 0 aliphatic heterocycles. The summed E-state index contributed by atoms with van der Waals surface area (Å²) in [7, 11) is 4.26. The minimum absolute atomic E-state index is 0.181. The lowest BCUT2D eigenvalue weighted by Crippen LogP contribution is -2.08. The minimum atomic E-state index is -0.749. The first-order valence-corrected chi connectivity index (χ1v) is 5.07. The van der Waals surface area contributed by atoms with Crippen molar-refractivity contribution in [1.82, 2.24) is 0 Å². The molecule has 0 saturated heterocycles. The van der Waals surface area contributed by atoms with Crippen molar-refractivity contribution in [3.63, 3.8) is 0 Å². The van der Waals surface area contributed by atoms with Crippen LogP contribution >= 0.6 is 0 Å². The highest BCUT2D eigenvalue weighted by Gasteiger charge is 2.15. The van der Waals surface area contributed by atoms with Gasteiger partial charge in [0, 0.05) is 7.11 Å². The van der Waals surface area contributed by atoms with E-state index >= 15 is 0 Å². The van der Waals surface area contributed by atoms with Crippen molar-refractivity contribution in [2.24, 2.45) is 0 Å². The monoisotopic (exact) mass is 240 g/mol. The number of rotatable bonds is 5. The van der Waals surface area contributed by atoms with E-state index < -0.39 is 12.1 Å².